The van der Waals surface area contributed by atoms with Gasteiger partial charge in [0.05, 0.1) is 6.61 Å². The standard InChI is InChI=1S/C13H20O5/c1-3-5-6-7-10-11(18-13(15)17-10)8-9-12(14)16-4-2/h8-11H,3-7H2,1-2H3/b9-8+/t10-,11-/m0/s1. The summed E-state index contributed by atoms with van der Waals surface area (Å²) in [4.78, 5) is 22.2. The van der Waals surface area contributed by atoms with Gasteiger partial charge >= 0.3 is 12.1 Å². The maximum Gasteiger partial charge on any atom is 0.509 e. The van der Waals surface area contributed by atoms with Gasteiger partial charge in [0, 0.05) is 6.08 Å². The SMILES string of the molecule is CCCCC[C@@H]1OC(=O)O[C@H]1/C=C/C(=O)OCC. The number of hydrogen-bond acceptors (Lipinski definition) is 5. The minimum absolute atomic E-state index is 0.297. The van der Waals surface area contributed by atoms with Crippen LogP contribution in [0.4, 0.5) is 4.79 Å². The predicted octanol–water partition coefficient (Wildman–Crippen LogP) is 2.59. The molecule has 1 saturated heterocycles. The first kappa shape index (κ1) is 14.5. The van der Waals surface area contributed by atoms with Crippen LogP contribution in [0.25, 0.3) is 0 Å². The fourth-order valence-corrected chi connectivity index (χ4v) is 1.75. The second kappa shape index (κ2) is 7.74. The van der Waals surface area contributed by atoms with Crippen LogP contribution in [-0.2, 0) is 19.0 Å². The minimum atomic E-state index is -0.671. The third-order valence-electron chi connectivity index (χ3n) is 2.65. The Labute approximate surface area is 107 Å². The lowest BCUT2D eigenvalue weighted by atomic mass is 10.1. The molecular formula is C13H20O5. The molecule has 1 fully saturated rings. The fourth-order valence-electron chi connectivity index (χ4n) is 1.75. The number of cyclic esters (lactones) is 2. The number of carbonyl (C=O) groups is 2. The number of unbranched alkanes of at least 4 members (excludes halogenated alkanes) is 2. The zero-order chi connectivity index (χ0) is 13.4. The van der Waals surface area contributed by atoms with E-state index in [1.54, 1.807) is 6.92 Å². The van der Waals surface area contributed by atoms with Gasteiger partial charge in [-0.05, 0) is 25.8 Å². The van der Waals surface area contributed by atoms with Crippen LogP contribution in [0.3, 0.4) is 0 Å². The van der Waals surface area contributed by atoms with Gasteiger partial charge in [-0.25, -0.2) is 9.59 Å². The van der Waals surface area contributed by atoms with Crippen molar-refractivity contribution in [1.82, 2.24) is 0 Å². The topological polar surface area (TPSA) is 61.8 Å². The Balaban J connectivity index is 2.45. The molecule has 0 radical (unpaired) electrons. The first-order valence-corrected chi connectivity index (χ1v) is 6.39. The van der Waals surface area contributed by atoms with Gasteiger partial charge in [-0.2, -0.15) is 0 Å². The first-order valence-electron chi connectivity index (χ1n) is 6.39. The van der Waals surface area contributed by atoms with Gasteiger partial charge in [-0.3, -0.25) is 0 Å². The Morgan fingerprint density at radius 1 is 1.33 bits per heavy atom. The van der Waals surface area contributed by atoms with E-state index in [2.05, 4.69) is 6.92 Å². The van der Waals surface area contributed by atoms with Crippen molar-refractivity contribution < 1.29 is 23.8 Å². The molecule has 1 heterocycles. The van der Waals surface area contributed by atoms with Gasteiger partial charge in [-0.1, -0.05) is 19.8 Å². The molecule has 1 aliphatic rings. The number of esters is 1. The van der Waals surface area contributed by atoms with E-state index in [-0.39, 0.29) is 6.10 Å². The van der Waals surface area contributed by atoms with E-state index in [1.807, 2.05) is 0 Å². The van der Waals surface area contributed by atoms with Gasteiger partial charge in [0.15, 0.2) is 6.10 Å². The van der Waals surface area contributed by atoms with Crippen molar-refractivity contribution in [3.05, 3.63) is 12.2 Å². The Morgan fingerprint density at radius 2 is 2.11 bits per heavy atom. The van der Waals surface area contributed by atoms with Gasteiger partial charge < -0.3 is 14.2 Å². The summed E-state index contributed by atoms with van der Waals surface area (Å²) in [6, 6.07) is 0. The van der Waals surface area contributed by atoms with Gasteiger partial charge in [0.1, 0.15) is 6.10 Å². The number of hydrogen-bond donors (Lipinski definition) is 0. The molecule has 0 aromatic rings. The van der Waals surface area contributed by atoms with Crippen LogP contribution in [0.2, 0.25) is 0 Å². The van der Waals surface area contributed by atoms with Gasteiger partial charge in [0.25, 0.3) is 0 Å². The molecule has 102 valence electrons. The van der Waals surface area contributed by atoms with Crippen LogP contribution < -0.4 is 0 Å². The van der Waals surface area contributed by atoms with Crippen LogP contribution in [-0.4, -0.2) is 30.9 Å². The van der Waals surface area contributed by atoms with Gasteiger partial charge in [0.2, 0.25) is 0 Å². The van der Waals surface area contributed by atoms with E-state index >= 15 is 0 Å². The molecule has 2 atom stereocenters. The van der Waals surface area contributed by atoms with Crippen LogP contribution in [0, 0.1) is 0 Å². The summed E-state index contributed by atoms with van der Waals surface area (Å²) in [5, 5.41) is 0. The Bertz CT molecular complexity index is 311. The first-order chi connectivity index (χ1) is 8.67. The van der Waals surface area contributed by atoms with Crippen LogP contribution in [0.15, 0.2) is 12.2 Å². The molecule has 0 unspecified atom stereocenters. The average molecular weight is 256 g/mol. The summed E-state index contributed by atoms with van der Waals surface area (Å²) >= 11 is 0. The van der Waals surface area contributed by atoms with E-state index in [0.29, 0.717) is 6.61 Å². The van der Waals surface area contributed by atoms with Crippen molar-refractivity contribution in [2.45, 2.75) is 51.7 Å². The van der Waals surface area contributed by atoms with Gasteiger partial charge in [-0.15, -0.1) is 0 Å². The molecule has 0 aromatic carbocycles. The molecule has 0 spiro atoms. The van der Waals surface area contributed by atoms with Crippen molar-refractivity contribution in [2.75, 3.05) is 6.61 Å². The summed E-state index contributed by atoms with van der Waals surface area (Å²) in [5.74, 6) is -0.437. The molecule has 0 aromatic heterocycles. The van der Waals surface area contributed by atoms with Crippen molar-refractivity contribution >= 4 is 12.1 Å². The molecule has 1 aliphatic heterocycles. The summed E-state index contributed by atoms with van der Waals surface area (Å²) in [6.45, 7) is 4.16. The molecule has 5 nitrogen and oxygen atoms in total. The molecule has 0 N–H and O–H groups in total. The molecule has 5 heteroatoms. The van der Waals surface area contributed by atoms with E-state index in [9.17, 15) is 9.59 Å². The van der Waals surface area contributed by atoms with Crippen molar-refractivity contribution in [2.24, 2.45) is 0 Å². The van der Waals surface area contributed by atoms with Crippen LogP contribution in [0.1, 0.15) is 39.5 Å². The van der Waals surface area contributed by atoms with Crippen LogP contribution in [0.5, 0.6) is 0 Å². The number of rotatable bonds is 7. The summed E-state index contributed by atoms with van der Waals surface area (Å²) in [5.41, 5.74) is 0. The normalized spacial score (nSPS) is 22.9. The number of carbonyl (C=O) groups excluding carboxylic acids is 2. The van der Waals surface area contributed by atoms with Crippen molar-refractivity contribution in [3.8, 4) is 0 Å². The van der Waals surface area contributed by atoms with E-state index < -0.39 is 18.2 Å². The van der Waals surface area contributed by atoms with Crippen LogP contribution >= 0.6 is 0 Å². The second-order valence-corrected chi connectivity index (χ2v) is 4.10. The minimum Gasteiger partial charge on any atom is -0.463 e. The van der Waals surface area contributed by atoms with E-state index in [0.717, 1.165) is 25.7 Å². The lowest BCUT2D eigenvalue weighted by molar-refractivity contribution is -0.137. The maximum absolute atomic E-state index is 11.2. The molecule has 0 aliphatic carbocycles. The monoisotopic (exact) mass is 256 g/mol. The third kappa shape index (κ3) is 4.77. The van der Waals surface area contributed by atoms with Crippen molar-refractivity contribution in [3.63, 3.8) is 0 Å². The molecule has 1 rings (SSSR count). The van der Waals surface area contributed by atoms with E-state index in [1.165, 1.54) is 12.2 Å². The second-order valence-electron chi connectivity index (χ2n) is 4.10. The quantitative estimate of drug-likeness (QED) is 0.398. The predicted molar refractivity (Wildman–Crippen MR) is 65.1 cm³/mol. The Kier molecular flexibility index (Phi) is 6.25. The fraction of sp³-hybridized carbons (Fsp3) is 0.692. The summed E-state index contributed by atoms with van der Waals surface area (Å²) < 4.78 is 14.8. The number of ether oxygens (including phenoxy) is 3. The highest BCUT2D eigenvalue weighted by atomic mass is 16.8. The summed E-state index contributed by atoms with van der Waals surface area (Å²) in [7, 11) is 0. The smallest absolute Gasteiger partial charge is 0.463 e. The lowest BCUT2D eigenvalue weighted by Crippen LogP contribution is -2.20. The highest BCUT2D eigenvalue weighted by Crippen LogP contribution is 2.21. The average Bonchev–Trinajstić information content (AvgIpc) is 2.68. The zero-order valence-electron chi connectivity index (χ0n) is 10.9. The summed E-state index contributed by atoms with van der Waals surface area (Å²) in [6.07, 6.45) is 5.26. The highest BCUT2D eigenvalue weighted by Gasteiger charge is 2.34. The largest absolute Gasteiger partial charge is 0.509 e. The highest BCUT2D eigenvalue weighted by molar-refractivity contribution is 5.82. The molecule has 0 amide bonds. The molecular weight excluding hydrogens is 236 g/mol. The third-order valence-corrected chi connectivity index (χ3v) is 2.65. The Hall–Kier alpha value is -1.52. The zero-order valence-corrected chi connectivity index (χ0v) is 10.9. The van der Waals surface area contributed by atoms with Crippen molar-refractivity contribution in [1.29, 1.82) is 0 Å². The van der Waals surface area contributed by atoms with E-state index in [4.69, 9.17) is 14.2 Å². The lowest BCUT2D eigenvalue weighted by Gasteiger charge is -2.11. The maximum atomic E-state index is 11.2. The molecule has 0 bridgehead atoms. The molecule has 18 heavy (non-hydrogen) atoms. The molecule has 0 saturated carbocycles. The Morgan fingerprint density at radius 3 is 2.78 bits per heavy atom.